The van der Waals surface area contributed by atoms with Crippen molar-refractivity contribution in [1.29, 1.82) is 0 Å². The average Bonchev–Trinajstić information content (AvgIpc) is 2.46. The van der Waals surface area contributed by atoms with Crippen LogP contribution in [-0.2, 0) is 16.0 Å². The summed E-state index contributed by atoms with van der Waals surface area (Å²) < 4.78 is 12.3. The Labute approximate surface area is 132 Å². The van der Waals surface area contributed by atoms with E-state index >= 15 is 0 Å². The van der Waals surface area contributed by atoms with E-state index in [1.807, 2.05) is 0 Å². The molecule has 1 N–H and O–H groups in total. The molecule has 2 unspecified atom stereocenters. The highest BCUT2D eigenvalue weighted by Crippen LogP contribution is 2.44. The first kappa shape index (κ1) is 16.5. The van der Waals surface area contributed by atoms with Gasteiger partial charge in [0.2, 0.25) is 0 Å². The van der Waals surface area contributed by atoms with Crippen LogP contribution in [0.2, 0.25) is 0 Å². The van der Waals surface area contributed by atoms with Crippen molar-refractivity contribution in [3.05, 3.63) is 21.0 Å². The molecule has 0 aliphatic heterocycles. The minimum Gasteiger partial charge on any atom is -0.383 e. The summed E-state index contributed by atoms with van der Waals surface area (Å²) in [6.07, 6.45) is 2.84. The number of hydrogen-bond acceptors (Lipinski definition) is 5. The molecule has 1 fully saturated rings. The second kappa shape index (κ2) is 6.46. The maximum atomic E-state index is 12.2. The van der Waals surface area contributed by atoms with Crippen LogP contribution in [-0.4, -0.2) is 42.8 Å². The lowest BCUT2D eigenvalue weighted by Gasteiger charge is -2.51. The SMILES string of the molecule is COCCn1ncc(NC2CC(OC)C2(C)C)c(Br)c1=O. The molecule has 0 spiro atoms. The summed E-state index contributed by atoms with van der Waals surface area (Å²) >= 11 is 3.37. The van der Waals surface area contributed by atoms with E-state index < -0.39 is 0 Å². The highest BCUT2D eigenvalue weighted by Gasteiger charge is 2.48. The van der Waals surface area contributed by atoms with Crippen molar-refractivity contribution >= 4 is 21.6 Å². The molecule has 0 saturated heterocycles. The first-order valence-corrected chi connectivity index (χ1v) is 7.75. The number of ether oxygens (including phenoxy) is 2. The second-order valence-corrected chi connectivity index (χ2v) is 6.66. The van der Waals surface area contributed by atoms with Crippen molar-refractivity contribution in [2.75, 3.05) is 26.1 Å². The normalized spacial score (nSPS) is 23.7. The number of aromatic nitrogens is 2. The molecule has 6 nitrogen and oxygen atoms in total. The van der Waals surface area contributed by atoms with Gasteiger partial charge in [-0.2, -0.15) is 5.10 Å². The van der Waals surface area contributed by atoms with Gasteiger partial charge in [0.05, 0.1) is 31.1 Å². The van der Waals surface area contributed by atoms with Gasteiger partial charge in [0.15, 0.2) is 0 Å². The molecule has 21 heavy (non-hydrogen) atoms. The van der Waals surface area contributed by atoms with Crippen LogP contribution in [0.3, 0.4) is 0 Å². The Hall–Kier alpha value is -0.920. The predicted octanol–water partition coefficient (Wildman–Crippen LogP) is 1.88. The summed E-state index contributed by atoms with van der Waals surface area (Å²) in [7, 11) is 3.33. The summed E-state index contributed by atoms with van der Waals surface area (Å²) in [5, 5.41) is 7.57. The molecule has 0 amide bonds. The number of rotatable bonds is 6. The van der Waals surface area contributed by atoms with Crippen molar-refractivity contribution in [2.45, 2.75) is 39.0 Å². The highest BCUT2D eigenvalue weighted by atomic mass is 79.9. The van der Waals surface area contributed by atoms with Crippen LogP contribution < -0.4 is 10.9 Å². The number of halogens is 1. The van der Waals surface area contributed by atoms with Crippen LogP contribution in [0, 0.1) is 5.41 Å². The molecule has 0 bridgehead atoms. The predicted molar refractivity (Wildman–Crippen MR) is 84.7 cm³/mol. The fourth-order valence-corrected chi connectivity index (χ4v) is 3.04. The first-order valence-electron chi connectivity index (χ1n) is 6.95. The van der Waals surface area contributed by atoms with Gasteiger partial charge in [-0.1, -0.05) is 13.8 Å². The van der Waals surface area contributed by atoms with Crippen LogP contribution in [0.15, 0.2) is 15.5 Å². The molecule has 1 heterocycles. The Bertz CT molecular complexity index is 559. The van der Waals surface area contributed by atoms with Gasteiger partial charge in [-0.3, -0.25) is 4.79 Å². The molecular weight excluding hydrogens is 338 g/mol. The van der Waals surface area contributed by atoms with Gasteiger partial charge in [-0.15, -0.1) is 0 Å². The molecule has 1 aromatic rings. The Balaban J connectivity index is 2.12. The molecular formula is C14H22BrN3O3. The van der Waals surface area contributed by atoms with Gasteiger partial charge < -0.3 is 14.8 Å². The van der Waals surface area contributed by atoms with Gasteiger partial charge in [0.25, 0.3) is 5.56 Å². The average molecular weight is 360 g/mol. The molecule has 0 aromatic carbocycles. The van der Waals surface area contributed by atoms with Gasteiger partial charge in [0, 0.05) is 25.7 Å². The van der Waals surface area contributed by atoms with Crippen LogP contribution in [0.25, 0.3) is 0 Å². The van der Waals surface area contributed by atoms with E-state index in [0.29, 0.717) is 17.6 Å². The zero-order valence-electron chi connectivity index (χ0n) is 12.9. The number of methoxy groups -OCH3 is 2. The van der Waals surface area contributed by atoms with Gasteiger partial charge in [-0.25, -0.2) is 4.68 Å². The fraction of sp³-hybridized carbons (Fsp3) is 0.714. The molecule has 2 atom stereocenters. The molecule has 118 valence electrons. The Morgan fingerprint density at radius 2 is 2.24 bits per heavy atom. The van der Waals surface area contributed by atoms with Gasteiger partial charge in [-0.05, 0) is 22.4 Å². The lowest BCUT2D eigenvalue weighted by atomic mass is 9.64. The summed E-state index contributed by atoms with van der Waals surface area (Å²) in [4.78, 5) is 12.2. The minimum atomic E-state index is -0.155. The van der Waals surface area contributed by atoms with Crippen LogP contribution in [0.5, 0.6) is 0 Å². The second-order valence-electron chi connectivity index (χ2n) is 5.87. The van der Waals surface area contributed by atoms with Crippen LogP contribution >= 0.6 is 15.9 Å². The molecule has 1 aromatic heterocycles. The largest absolute Gasteiger partial charge is 0.383 e. The molecule has 1 aliphatic carbocycles. The Kier molecular flexibility index (Phi) is 5.06. The van der Waals surface area contributed by atoms with Crippen molar-refractivity contribution < 1.29 is 9.47 Å². The van der Waals surface area contributed by atoms with E-state index in [-0.39, 0.29) is 23.1 Å². The standard InChI is InChI=1S/C14H22BrN3O3/c1-14(2)10(7-11(14)21-4)17-9-8-16-18(5-6-20-3)13(19)12(9)15/h8,10-11,17H,5-7H2,1-4H3. The molecule has 1 saturated carbocycles. The summed E-state index contributed by atoms with van der Waals surface area (Å²) in [5.74, 6) is 0. The number of nitrogens with zero attached hydrogens (tertiary/aromatic N) is 2. The highest BCUT2D eigenvalue weighted by molar-refractivity contribution is 9.10. The molecule has 7 heteroatoms. The third-order valence-electron chi connectivity index (χ3n) is 4.28. The van der Waals surface area contributed by atoms with Gasteiger partial charge in [0.1, 0.15) is 4.47 Å². The monoisotopic (exact) mass is 359 g/mol. The smallest absolute Gasteiger partial charge is 0.283 e. The minimum absolute atomic E-state index is 0.0269. The fourth-order valence-electron chi connectivity index (χ4n) is 2.62. The number of anilines is 1. The third-order valence-corrected chi connectivity index (χ3v) is 5.05. The van der Waals surface area contributed by atoms with Gasteiger partial charge >= 0.3 is 0 Å². The summed E-state index contributed by atoms with van der Waals surface area (Å²) in [6.45, 7) is 5.21. The lowest BCUT2D eigenvalue weighted by Crippen LogP contribution is -2.57. The van der Waals surface area contributed by atoms with Crippen LogP contribution in [0.4, 0.5) is 5.69 Å². The first-order chi connectivity index (χ1) is 9.91. The van der Waals surface area contributed by atoms with Crippen molar-refractivity contribution in [3.63, 3.8) is 0 Å². The van der Waals surface area contributed by atoms with Crippen LogP contribution in [0.1, 0.15) is 20.3 Å². The quantitative estimate of drug-likeness (QED) is 0.839. The maximum Gasteiger partial charge on any atom is 0.283 e. The number of nitrogens with one attached hydrogen (secondary N) is 1. The molecule has 0 radical (unpaired) electrons. The topological polar surface area (TPSA) is 65.4 Å². The molecule has 1 aliphatic rings. The summed E-state index contributed by atoms with van der Waals surface area (Å²) in [6, 6.07) is 0.259. The third kappa shape index (κ3) is 3.14. The maximum absolute atomic E-state index is 12.2. The van der Waals surface area contributed by atoms with Crippen molar-refractivity contribution in [3.8, 4) is 0 Å². The zero-order valence-corrected chi connectivity index (χ0v) is 14.4. The van der Waals surface area contributed by atoms with E-state index in [0.717, 1.165) is 12.1 Å². The van der Waals surface area contributed by atoms with Crippen molar-refractivity contribution in [2.24, 2.45) is 5.41 Å². The lowest BCUT2D eigenvalue weighted by molar-refractivity contribution is -0.0794. The van der Waals surface area contributed by atoms with E-state index in [4.69, 9.17) is 9.47 Å². The summed E-state index contributed by atoms with van der Waals surface area (Å²) in [5.41, 5.74) is 0.595. The van der Waals surface area contributed by atoms with E-state index in [1.54, 1.807) is 20.4 Å². The van der Waals surface area contributed by atoms with E-state index in [1.165, 1.54) is 4.68 Å². The zero-order chi connectivity index (χ0) is 15.6. The number of hydrogen-bond donors (Lipinski definition) is 1. The Morgan fingerprint density at radius 1 is 1.52 bits per heavy atom. The van der Waals surface area contributed by atoms with E-state index in [2.05, 4.69) is 40.2 Å². The van der Waals surface area contributed by atoms with E-state index in [9.17, 15) is 4.79 Å². The Morgan fingerprint density at radius 3 is 2.81 bits per heavy atom. The molecule has 2 rings (SSSR count). The van der Waals surface area contributed by atoms with Crippen molar-refractivity contribution in [1.82, 2.24) is 9.78 Å².